The SMILES string of the molecule is CC/C=C/C(=O)N(C)c1ccc(-n2c(=O)n(-c3ccc(Oc4ccccc4)cc3)c3c(N)ncnc32)cn1. The molecule has 3 heterocycles. The molecule has 0 aliphatic carbocycles. The van der Waals surface area contributed by atoms with Crippen molar-refractivity contribution in [1.82, 2.24) is 24.1 Å². The van der Waals surface area contributed by atoms with Gasteiger partial charge in [0.05, 0.1) is 17.6 Å². The van der Waals surface area contributed by atoms with Crippen molar-refractivity contribution < 1.29 is 9.53 Å². The van der Waals surface area contributed by atoms with Gasteiger partial charge in [0.25, 0.3) is 5.91 Å². The van der Waals surface area contributed by atoms with Crippen LogP contribution < -0.4 is 21.1 Å². The smallest absolute Gasteiger partial charge is 0.339 e. The Morgan fingerprint density at radius 1 is 0.947 bits per heavy atom. The van der Waals surface area contributed by atoms with Crippen LogP contribution in [0.15, 0.2) is 96.2 Å². The molecule has 10 nitrogen and oxygen atoms in total. The third-order valence-corrected chi connectivity index (χ3v) is 5.88. The largest absolute Gasteiger partial charge is 0.457 e. The van der Waals surface area contributed by atoms with Gasteiger partial charge in [0.2, 0.25) is 0 Å². The lowest BCUT2D eigenvalue weighted by molar-refractivity contribution is -0.113. The fraction of sp³-hybridized carbons (Fsp3) is 0.107. The molecule has 0 aliphatic heterocycles. The van der Waals surface area contributed by atoms with Gasteiger partial charge in [-0.25, -0.2) is 24.3 Å². The molecule has 0 saturated heterocycles. The van der Waals surface area contributed by atoms with E-state index in [2.05, 4.69) is 15.0 Å². The van der Waals surface area contributed by atoms with E-state index in [4.69, 9.17) is 10.5 Å². The molecular weight excluding hydrogens is 482 g/mol. The van der Waals surface area contributed by atoms with E-state index in [9.17, 15) is 9.59 Å². The number of para-hydroxylation sites is 1. The molecule has 1 amide bonds. The highest BCUT2D eigenvalue weighted by molar-refractivity contribution is 6.00. The number of ether oxygens (including phenoxy) is 1. The number of anilines is 2. The first kappa shape index (κ1) is 24.4. The van der Waals surface area contributed by atoms with E-state index in [0.717, 1.165) is 6.42 Å². The van der Waals surface area contributed by atoms with Crippen LogP contribution in [0.5, 0.6) is 11.5 Å². The predicted octanol–water partition coefficient (Wildman–Crippen LogP) is 4.27. The van der Waals surface area contributed by atoms with Crippen LogP contribution in [0.1, 0.15) is 13.3 Å². The summed E-state index contributed by atoms with van der Waals surface area (Å²) >= 11 is 0. The zero-order valence-corrected chi connectivity index (χ0v) is 20.9. The summed E-state index contributed by atoms with van der Waals surface area (Å²) < 4.78 is 8.74. The molecule has 38 heavy (non-hydrogen) atoms. The van der Waals surface area contributed by atoms with Gasteiger partial charge < -0.3 is 10.5 Å². The average molecular weight is 508 g/mol. The van der Waals surface area contributed by atoms with Gasteiger partial charge in [-0.05, 0) is 61.0 Å². The number of carbonyl (C=O) groups excluding carboxylic acids is 1. The van der Waals surface area contributed by atoms with Gasteiger partial charge in [-0.1, -0.05) is 31.2 Å². The Labute approximate surface area is 218 Å². The first-order chi connectivity index (χ1) is 18.5. The van der Waals surface area contributed by atoms with Crippen molar-refractivity contribution in [2.75, 3.05) is 17.7 Å². The number of benzene rings is 2. The van der Waals surface area contributed by atoms with Crippen LogP contribution >= 0.6 is 0 Å². The molecule has 0 saturated carbocycles. The van der Waals surface area contributed by atoms with Crippen LogP contribution in [0.25, 0.3) is 22.5 Å². The lowest BCUT2D eigenvalue weighted by Gasteiger charge is -2.14. The number of likely N-dealkylation sites (N-methyl/N-ethyl adjacent to an activating group) is 1. The van der Waals surface area contributed by atoms with E-state index < -0.39 is 5.69 Å². The first-order valence-corrected chi connectivity index (χ1v) is 12.0. The number of fused-ring (bicyclic) bond motifs is 1. The number of nitrogen functional groups attached to an aromatic ring is 1. The van der Waals surface area contributed by atoms with E-state index in [1.807, 2.05) is 37.3 Å². The third kappa shape index (κ3) is 4.62. The second kappa shape index (κ2) is 10.4. The monoisotopic (exact) mass is 507 g/mol. The van der Waals surface area contributed by atoms with E-state index >= 15 is 0 Å². The zero-order chi connectivity index (χ0) is 26.6. The maximum atomic E-state index is 13.7. The third-order valence-electron chi connectivity index (χ3n) is 5.88. The summed E-state index contributed by atoms with van der Waals surface area (Å²) in [5.41, 5.74) is 7.55. The summed E-state index contributed by atoms with van der Waals surface area (Å²) in [4.78, 5) is 40.3. The van der Waals surface area contributed by atoms with Gasteiger partial charge in [0, 0.05) is 7.05 Å². The Bertz CT molecular complexity index is 1670. The molecular formula is C28H25N7O3. The summed E-state index contributed by atoms with van der Waals surface area (Å²) in [6.07, 6.45) is 6.87. The lowest BCUT2D eigenvalue weighted by atomic mass is 10.3. The number of hydrogen-bond donors (Lipinski definition) is 1. The molecule has 0 aliphatic rings. The fourth-order valence-electron chi connectivity index (χ4n) is 3.96. The van der Waals surface area contributed by atoms with Crippen LogP contribution in [-0.4, -0.2) is 37.0 Å². The second-order valence-corrected chi connectivity index (χ2v) is 8.38. The highest BCUT2D eigenvalue weighted by Crippen LogP contribution is 2.26. The van der Waals surface area contributed by atoms with Gasteiger partial charge in [-0.2, -0.15) is 0 Å². The van der Waals surface area contributed by atoms with Crippen LogP contribution in [0.4, 0.5) is 11.6 Å². The van der Waals surface area contributed by atoms with Crippen molar-refractivity contribution in [2.45, 2.75) is 13.3 Å². The molecule has 2 N–H and O–H groups in total. The highest BCUT2D eigenvalue weighted by atomic mass is 16.5. The number of hydrogen-bond acceptors (Lipinski definition) is 7. The zero-order valence-electron chi connectivity index (χ0n) is 20.9. The minimum atomic E-state index is -0.395. The maximum absolute atomic E-state index is 13.7. The highest BCUT2D eigenvalue weighted by Gasteiger charge is 2.21. The van der Waals surface area contributed by atoms with Crippen molar-refractivity contribution in [3.05, 3.63) is 102 Å². The summed E-state index contributed by atoms with van der Waals surface area (Å²) in [5, 5.41) is 0. The number of allylic oxidation sites excluding steroid dienone is 1. The van der Waals surface area contributed by atoms with Crippen LogP contribution in [-0.2, 0) is 4.79 Å². The Hall–Kier alpha value is -5.25. The number of rotatable bonds is 7. The quantitative estimate of drug-likeness (QED) is 0.327. The van der Waals surface area contributed by atoms with Crippen molar-refractivity contribution >= 4 is 28.7 Å². The number of carbonyl (C=O) groups is 1. The van der Waals surface area contributed by atoms with E-state index in [1.165, 1.54) is 32.6 Å². The molecule has 0 fully saturated rings. The maximum Gasteiger partial charge on any atom is 0.339 e. The normalized spacial score (nSPS) is 11.2. The number of imidazole rings is 1. The van der Waals surface area contributed by atoms with Gasteiger partial charge in [0.1, 0.15) is 29.2 Å². The Morgan fingerprint density at radius 3 is 2.34 bits per heavy atom. The molecule has 5 rings (SSSR count). The van der Waals surface area contributed by atoms with Gasteiger partial charge in [-0.15, -0.1) is 0 Å². The Balaban J connectivity index is 1.54. The minimum Gasteiger partial charge on any atom is -0.457 e. The summed E-state index contributed by atoms with van der Waals surface area (Å²) in [6.45, 7) is 1.95. The number of aromatic nitrogens is 5. The molecule has 0 bridgehead atoms. The van der Waals surface area contributed by atoms with Crippen molar-refractivity contribution in [2.24, 2.45) is 0 Å². The summed E-state index contributed by atoms with van der Waals surface area (Å²) in [5.74, 6) is 1.73. The minimum absolute atomic E-state index is 0.160. The first-order valence-electron chi connectivity index (χ1n) is 12.0. The number of nitrogens with zero attached hydrogens (tertiary/aromatic N) is 6. The number of nitrogens with two attached hydrogens (primary N) is 1. The standard InChI is InChI=1S/C28H25N7O3/c1-3-4-10-24(36)33(2)23-16-13-20(17-30-23)35-27-25(26(29)31-18-32-27)34(28(35)37)19-11-14-22(15-12-19)38-21-8-6-5-7-9-21/h4-18H,3H2,1-2H3,(H2,29,31,32)/b10-4+. The van der Waals surface area contributed by atoms with E-state index in [0.29, 0.717) is 39.9 Å². The van der Waals surface area contributed by atoms with E-state index in [1.54, 1.807) is 49.5 Å². The molecule has 0 unspecified atom stereocenters. The van der Waals surface area contributed by atoms with Gasteiger partial charge >= 0.3 is 5.69 Å². The number of amides is 1. The van der Waals surface area contributed by atoms with Gasteiger partial charge in [-0.3, -0.25) is 14.3 Å². The predicted molar refractivity (Wildman–Crippen MR) is 146 cm³/mol. The fourth-order valence-corrected chi connectivity index (χ4v) is 3.96. The van der Waals surface area contributed by atoms with Crippen molar-refractivity contribution in [1.29, 1.82) is 0 Å². The summed E-state index contributed by atoms with van der Waals surface area (Å²) in [7, 11) is 1.64. The molecule has 0 radical (unpaired) electrons. The molecule has 2 aromatic carbocycles. The average Bonchev–Trinajstić information content (AvgIpc) is 3.25. The molecule has 10 heteroatoms. The number of pyridine rings is 1. The van der Waals surface area contributed by atoms with Crippen molar-refractivity contribution in [3.8, 4) is 22.9 Å². The van der Waals surface area contributed by atoms with Crippen LogP contribution in [0, 0.1) is 0 Å². The second-order valence-electron chi connectivity index (χ2n) is 8.38. The Kier molecular flexibility index (Phi) is 6.68. The molecule has 190 valence electrons. The summed E-state index contributed by atoms with van der Waals surface area (Å²) in [6, 6.07) is 19.9. The van der Waals surface area contributed by atoms with Crippen LogP contribution in [0.2, 0.25) is 0 Å². The molecule has 5 aromatic rings. The van der Waals surface area contributed by atoms with E-state index in [-0.39, 0.29) is 11.7 Å². The van der Waals surface area contributed by atoms with Crippen molar-refractivity contribution in [3.63, 3.8) is 0 Å². The molecule has 0 atom stereocenters. The lowest BCUT2D eigenvalue weighted by Crippen LogP contribution is -2.25. The van der Waals surface area contributed by atoms with Gasteiger partial charge in [0.15, 0.2) is 11.5 Å². The van der Waals surface area contributed by atoms with Crippen LogP contribution in [0.3, 0.4) is 0 Å². The molecule has 0 spiro atoms. The topological polar surface area (TPSA) is 121 Å². The Morgan fingerprint density at radius 2 is 1.66 bits per heavy atom. The molecule has 3 aromatic heterocycles.